The lowest BCUT2D eigenvalue weighted by molar-refractivity contribution is 0.00810. The molecule has 3 nitrogen and oxygen atoms in total. The predicted octanol–water partition coefficient (Wildman–Crippen LogP) is 1.36. The van der Waals surface area contributed by atoms with Crippen molar-refractivity contribution in [1.29, 1.82) is 0 Å². The Hall–Kier alpha value is 0.0300. The van der Waals surface area contributed by atoms with Gasteiger partial charge in [-0.1, -0.05) is 0 Å². The molecule has 1 fully saturated rings. The summed E-state index contributed by atoms with van der Waals surface area (Å²) in [6.07, 6.45) is 0.109. The van der Waals surface area contributed by atoms with Crippen molar-refractivity contribution in [2.45, 2.75) is 25.3 Å². The molecular formula is C10H21ClF2N2O. The van der Waals surface area contributed by atoms with Gasteiger partial charge in [-0.2, -0.15) is 0 Å². The van der Waals surface area contributed by atoms with Crippen LogP contribution in [0.15, 0.2) is 0 Å². The lowest BCUT2D eigenvalue weighted by Crippen LogP contribution is -2.41. The third kappa shape index (κ3) is 5.94. The molecule has 0 aromatic rings. The molecule has 1 aliphatic rings. The second-order valence-electron chi connectivity index (χ2n) is 4.09. The summed E-state index contributed by atoms with van der Waals surface area (Å²) in [5.74, 6) is 0.704. The van der Waals surface area contributed by atoms with E-state index in [1.165, 1.54) is 12.8 Å². The first-order valence-corrected chi connectivity index (χ1v) is 5.41. The van der Waals surface area contributed by atoms with Gasteiger partial charge in [0.05, 0.1) is 6.61 Å². The van der Waals surface area contributed by atoms with Crippen LogP contribution in [0.1, 0.15) is 12.8 Å². The Morgan fingerprint density at radius 2 is 2.06 bits per heavy atom. The Labute approximate surface area is 102 Å². The van der Waals surface area contributed by atoms with Crippen LogP contribution in [0.3, 0.4) is 0 Å². The topological polar surface area (TPSA) is 38.5 Å². The zero-order valence-corrected chi connectivity index (χ0v) is 10.4. The Kier molecular flexibility index (Phi) is 8.18. The standard InChI is InChI=1S/C10H20F2N2O.ClH/c1-14(4-5-15-7-10(11)12)9(6-13)8-2-3-8;/h8-10H,2-7,13H2,1H3;1H. The zero-order valence-electron chi connectivity index (χ0n) is 9.57. The molecule has 1 rings (SSSR count). The highest BCUT2D eigenvalue weighted by Gasteiger charge is 2.32. The first kappa shape index (κ1) is 16.0. The molecule has 0 spiro atoms. The summed E-state index contributed by atoms with van der Waals surface area (Å²) in [5.41, 5.74) is 5.66. The van der Waals surface area contributed by atoms with Crippen LogP contribution in [0.25, 0.3) is 0 Å². The fraction of sp³-hybridized carbons (Fsp3) is 1.00. The number of halogens is 3. The van der Waals surface area contributed by atoms with Crippen molar-refractivity contribution < 1.29 is 13.5 Å². The maximum absolute atomic E-state index is 11.8. The maximum Gasteiger partial charge on any atom is 0.261 e. The van der Waals surface area contributed by atoms with Crippen molar-refractivity contribution in [1.82, 2.24) is 4.90 Å². The summed E-state index contributed by atoms with van der Waals surface area (Å²) in [6.45, 7) is 1.19. The van der Waals surface area contributed by atoms with E-state index < -0.39 is 13.0 Å². The van der Waals surface area contributed by atoms with Crippen molar-refractivity contribution in [3.8, 4) is 0 Å². The van der Waals surface area contributed by atoms with Crippen LogP contribution in [0.2, 0.25) is 0 Å². The van der Waals surface area contributed by atoms with E-state index in [4.69, 9.17) is 10.5 Å². The zero-order chi connectivity index (χ0) is 11.3. The van der Waals surface area contributed by atoms with Gasteiger partial charge in [-0.15, -0.1) is 12.4 Å². The second-order valence-corrected chi connectivity index (χ2v) is 4.09. The summed E-state index contributed by atoms with van der Waals surface area (Å²) in [4.78, 5) is 2.11. The SMILES string of the molecule is CN(CCOCC(F)F)C(CN)C1CC1.Cl. The first-order chi connectivity index (χ1) is 7.15. The second kappa shape index (κ2) is 8.17. The molecule has 2 N–H and O–H groups in total. The number of hydrogen-bond donors (Lipinski definition) is 1. The van der Waals surface area contributed by atoms with Crippen molar-refractivity contribution in [2.24, 2.45) is 11.7 Å². The van der Waals surface area contributed by atoms with Crippen LogP contribution in [-0.4, -0.2) is 50.7 Å². The van der Waals surface area contributed by atoms with E-state index in [0.717, 1.165) is 0 Å². The van der Waals surface area contributed by atoms with E-state index in [9.17, 15) is 8.78 Å². The van der Waals surface area contributed by atoms with Gasteiger partial charge in [0.1, 0.15) is 6.61 Å². The van der Waals surface area contributed by atoms with Crippen molar-refractivity contribution >= 4 is 12.4 Å². The average molecular weight is 259 g/mol. The molecule has 0 bridgehead atoms. The van der Waals surface area contributed by atoms with E-state index in [-0.39, 0.29) is 12.4 Å². The van der Waals surface area contributed by atoms with Crippen LogP contribution in [-0.2, 0) is 4.74 Å². The number of rotatable bonds is 8. The Balaban J connectivity index is 0.00000225. The summed E-state index contributed by atoms with van der Waals surface area (Å²) >= 11 is 0. The molecule has 1 aliphatic carbocycles. The lowest BCUT2D eigenvalue weighted by atomic mass is 10.1. The quantitative estimate of drug-likeness (QED) is 0.668. The minimum atomic E-state index is -2.37. The van der Waals surface area contributed by atoms with Gasteiger partial charge < -0.3 is 10.5 Å². The van der Waals surface area contributed by atoms with Gasteiger partial charge in [0, 0.05) is 19.1 Å². The van der Waals surface area contributed by atoms with E-state index in [1.54, 1.807) is 0 Å². The number of ether oxygens (including phenoxy) is 1. The summed E-state index contributed by atoms with van der Waals surface area (Å²) < 4.78 is 28.4. The predicted molar refractivity (Wildman–Crippen MR) is 62.3 cm³/mol. The van der Waals surface area contributed by atoms with Gasteiger partial charge in [-0.05, 0) is 25.8 Å². The smallest absolute Gasteiger partial charge is 0.261 e. The van der Waals surface area contributed by atoms with Crippen LogP contribution < -0.4 is 5.73 Å². The molecule has 0 amide bonds. The summed E-state index contributed by atoms with van der Waals surface area (Å²) in [6, 6.07) is 0.389. The molecule has 0 aliphatic heterocycles. The van der Waals surface area contributed by atoms with E-state index in [0.29, 0.717) is 31.7 Å². The molecule has 0 aromatic heterocycles. The van der Waals surface area contributed by atoms with Crippen molar-refractivity contribution in [3.63, 3.8) is 0 Å². The van der Waals surface area contributed by atoms with Gasteiger partial charge >= 0.3 is 0 Å². The minimum absolute atomic E-state index is 0. The Morgan fingerprint density at radius 1 is 1.44 bits per heavy atom. The normalized spacial score (nSPS) is 17.6. The first-order valence-electron chi connectivity index (χ1n) is 5.41. The number of likely N-dealkylation sites (N-methyl/N-ethyl adjacent to an activating group) is 1. The monoisotopic (exact) mass is 258 g/mol. The lowest BCUT2D eigenvalue weighted by Gasteiger charge is -2.26. The Bertz CT molecular complexity index is 182. The van der Waals surface area contributed by atoms with Crippen LogP contribution in [0.5, 0.6) is 0 Å². The number of alkyl halides is 2. The number of nitrogens with two attached hydrogens (primary N) is 1. The molecule has 98 valence electrons. The van der Waals surface area contributed by atoms with Crippen LogP contribution in [0, 0.1) is 5.92 Å². The minimum Gasteiger partial charge on any atom is -0.374 e. The molecule has 16 heavy (non-hydrogen) atoms. The third-order valence-electron chi connectivity index (χ3n) is 2.81. The largest absolute Gasteiger partial charge is 0.374 e. The van der Waals surface area contributed by atoms with Gasteiger partial charge in [0.25, 0.3) is 6.43 Å². The number of nitrogens with zero attached hydrogens (tertiary/aromatic N) is 1. The summed E-state index contributed by atoms with van der Waals surface area (Å²) in [7, 11) is 1.97. The van der Waals surface area contributed by atoms with E-state index in [1.807, 2.05) is 7.05 Å². The highest BCUT2D eigenvalue weighted by molar-refractivity contribution is 5.85. The number of hydrogen-bond acceptors (Lipinski definition) is 3. The molecule has 1 atom stereocenters. The van der Waals surface area contributed by atoms with Gasteiger partial charge in [-0.3, -0.25) is 4.90 Å². The molecule has 0 aromatic carbocycles. The maximum atomic E-state index is 11.8. The molecule has 0 heterocycles. The highest BCUT2D eigenvalue weighted by Crippen LogP contribution is 2.34. The summed E-state index contributed by atoms with van der Waals surface area (Å²) in [5, 5.41) is 0. The fourth-order valence-electron chi connectivity index (χ4n) is 1.76. The molecule has 6 heteroatoms. The van der Waals surface area contributed by atoms with Gasteiger partial charge in [0.2, 0.25) is 0 Å². The van der Waals surface area contributed by atoms with Crippen LogP contribution >= 0.6 is 12.4 Å². The Morgan fingerprint density at radius 3 is 2.50 bits per heavy atom. The van der Waals surface area contributed by atoms with Gasteiger partial charge in [0.15, 0.2) is 0 Å². The van der Waals surface area contributed by atoms with Crippen molar-refractivity contribution in [3.05, 3.63) is 0 Å². The molecule has 0 radical (unpaired) electrons. The van der Waals surface area contributed by atoms with E-state index >= 15 is 0 Å². The average Bonchev–Trinajstić information content (AvgIpc) is 2.97. The van der Waals surface area contributed by atoms with E-state index in [2.05, 4.69) is 4.90 Å². The molecule has 1 saturated carbocycles. The van der Waals surface area contributed by atoms with Crippen LogP contribution in [0.4, 0.5) is 8.78 Å². The molecular weight excluding hydrogens is 238 g/mol. The molecule has 0 saturated heterocycles. The highest BCUT2D eigenvalue weighted by atomic mass is 35.5. The van der Waals surface area contributed by atoms with Gasteiger partial charge in [-0.25, -0.2) is 8.78 Å². The third-order valence-corrected chi connectivity index (χ3v) is 2.81. The van der Waals surface area contributed by atoms with Crippen molar-refractivity contribution in [2.75, 3.05) is 33.4 Å². The molecule has 1 unspecified atom stereocenters. The fourth-order valence-corrected chi connectivity index (χ4v) is 1.76.